The van der Waals surface area contributed by atoms with Crippen LogP contribution in [-0.4, -0.2) is 45.6 Å². The van der Waals surface area contributed by atoms with Gasteiger partial charge in [-0.25, -0.2) is 9.59 Å². The average Bonchev–Trinajstić information content (AvgIpc) is 2.83. The first kappa shape index (κ1) is 31.5. The first-order chi connectivity index (χ1) is 17.4. The molecule has 1 amide bonds. The number of carbonyl (C=O) groups is 2. The topological polar surface area (TPSA) is 87.7 Å². The van der Waals surface area contributed by atoms with Gasteiger partial charge in [0, 0.05) is 22.6 Å². The lowest BCUT2D eigenvalue weighted by Gasteiger charge is -2.32. The smallest absolute Gasteiger partial charge is 0.408 e. The predicted molar refractivity (Wildman–Crippen MR) is 154 cm³/mol. The summed E-state index contributed by atoms with van der Waals surface area (Å²) in [5, 5.41) is 15.8. The minimum atomic E-state index is -1.08. The number of rotatable bonds is 8. The van der Waals surface area contributed by atoms with Crippen molar-refractivity contribution in [1.82, 2.24) is 10.6 Å². The van der Waals surface area contributed by atoms with E-state index in [0.717, 1.165) is 17.6 Å². The maximum absolute atomic E-state index is 11.9. The molecule has 0 bridgehead atoms. The van der Waals surface area contributed by atoms with E-state index in [1.165, 1.54) is 81.5 Å². The molecular formula is C30H50N2O4S. The van der Waals surface area contributed by atoms with Gasteiger partial charge in [0.2, 0.25) is 0 Å². The third-order valence-corrected chi connectivity index (χ3v) is 8.47. The van der Waals surface area contributed by atoms with Crippen LogP contribution in [0.2, 0.25) is 0 Å². The summed E-state index contributed by atoms with van der Waals surface area (Å²) in [7, 11) is 0. The van der Waals surface area contributed by atoms with E-state index in [2.05, 4.69) is 10.6 Å². The minimum Gasteiger partial charge on any atom is -0.480 e. The molecule has 0 unspecified atom stereocenters. The van der Waals surface area contributed by atoms with E-state index in [1.54, 1.807) is 20.8 Å². The van der Waals surface area contributed by atoms with Crippen molar-refractivity contribution in [2.24, 2.45) is 0 Å². The van der Waals surface area contributed by atoms with Crippen molar-refractivity contribution in [3.63, 3.8) is 0 Å². The predicted octanol–water partition coefficient (Wildman–Crippen LogP) is 7.23. The van der Waals surface area contributed by atoms with E-state index in [-0.39, 0.29) is 0 Å². The number of hydrogen-bond acceptors (Lipinski definition) is 5. The van der Waals surface area contributed by atoms with E-state index in [4.69, 9.17) is 4.74 Å². The molecule has 2 aliphatic rings. The molecule has 0 heterocycles. The van der Waals surface area contributed by atoms with Crippen molar-refractivity contribution >= 4 is 23.8 Å². The number of thioether (sulfide) groups is 1. The van der Waals surface area contributed by atoms with Gasteiger partial charge in [-0.2, -0.15) is 0 Å². The number of carboxylic acids is 1. The highest BCUT2D eigenvalue weighted by molar-refractivity contribution is 7.99. The highest BCUT2D eigenvalue weighted by atomic mass is 32.2. The fourth-order valence-electron chi connectivity index (χ4n) is 4.87. The lowest BCUT2D eigenvalue weighted by atomic mass is 9.91. The highest BCUT2D eigenvalue weighted by Gasteiger charge is 2.38. The summed E-state index contributed by atoms with van der Waals surface area (Å²) < 4.78 is 4.47. The molecule has 2 saturated carbocycles. The van der Waals surface area contributed by atoms with Crippen LogP contribution in [-0.2, 0) is 15.3 Å². The Morgan fingerprint density at radius 3 is 1.84 bits per heavy atom. The van der Waals surface area contributed by atoms with E-state index in [9.17, 15) is 14.7 Å². The van der Waals surface area contributed by atoms with Gasteiger partial charge in [-0.05, 0) is 72.8 Å². The van der Waals surface area contributed by atoms with Crippen molar-refractivity contribution in [3.05, 3.63) is 35.4 Å². The van der Waals surface area contributed by atoms with Crippen LogP contribution in [0.25, 0.3) is 0 Å². The lowest BCUT2D eigenvalue weighted by Crippen LogP contribution is -2.53. The molecule has 6 nitrogen and oxygen atoms in total. The van der Waals surface area contributed by atoms with Gasteiger partial charge in [-0.15, -0.1) is 11.8 Å². The first-order valence-electron chi connectivity index (χ1n) is 14.0. The van der Waals surface area contributed by atoms with E-state index in [0.29, 0.717) is 5.75 Å². The molecule has 210 valence electrons. The van der Waals surface area contributed by atoms with Crippen LogP contribution in [0.15, 0.2) is 24.3 Å². The number of hydrogen-bond donors (Lipinski definition) is 3. The third-order valence-electron chi connectivity index (χ3n) is 7.02. The lowest BCUT2D eigenvalue weighted by molar-refractivity contribution is -0.140. The van der Waals surface area contributed by atoms with Gasteiger partial charge in [0.05, 0.1) is 0 Å². The number of carboxylic acid groups (broad SMARTS) is 1. The number of amides is 1. The summed E-state index contributed by atoms with van der Waals surface area (Å²) in [4.78, 5) is 23.5. The Kier molecular flexibility index (Phi) is 12.8. The molecule has 3 rings (SSSR count). The molecule has 7 heteroatoms. The molecular weight excluding hydrogens is 484 g/mol. The largest absolute Gasteiger partial charge is 0.480 e. The fraction of sp³-hybridized carbons (Fsp3) is 0.733. The Bertz CT molecular complexity index is 807. The normalized spacial score (nSPS) is 18.3. The molecule has 0 radical (unpaired) electrons. The fourth-order valence-corrected chi connectivity index (χ4v) is 5.92. The molecule has 3 N–H and O–H groups in total. The molecule has 0 spiro atoms. The number of alkyl carbamates (subject to hydrolysis) is 1. The standard InChI is InChI=1S/C18H27NO4S.C12H23N/c1-12-7-9-13(10-8-12)11-24-18(5,6)14(15(20)21)19-16(22)23-17(2,3)4;1-3-7-11(8-4-1)13-12-9-5-2-6-10-12/h7-10,14H,11H2,1-6H3,(H,19,22)(H,20,21);11-13H,1-10H2/t14-;/m0./s1. The quantitative estimate of drug-likeness (QED) is 0.326. The summed E-state index contributed by atoms with van der Waals surface area (Å²) in [6.45, 7) is 10.8. The Morgan fingerprint density at radius 1 is 0.919 bits per heavy atom. The second-order valence-electron chi connectivity index (χ2n) is 12.1. The van der Waals surface area contributed by atoms with Crippen molar-refractivity contribution in [2.75, 3.05) is 0 Å². The molecule has 2 fully saturated rings. The van der Waals surface area contributed by atoms with Gasteiger partial charge < -0.3 is 20.5 Å². The number of nitrogens with one attached hydrogen (secondary N) is 2. The molecule has 1 aromatic rings. The molecule has 1 aromatic carbocycles. The molecule has 0 aromatic heterocycles. The monoisotopic (exact) mass is 534 g/mol. The average molecular weight is 535 g/mol. The van der Waals surface area contributed by atoms with Crippen LogP contribution >= 0.6 is 11.8 Å². The summed E-state index contributed by atoms with van der Waals surface area (Å²) in [5.41, 5.74) is 1.62. The van der Waals surface area contributed by atoms with Gasteiger partial charge in [0.1, 0.15) is 11.6 Å². The Labute approximate surface area is 229 Å². The van der Waals surface area contributed by atoms with Crippen LogP contribution in [0, 0.1) is 6.92 Å². The third kappa shape index (κ3) is 12.6. The number of carbonyl (C=O) groups excluding carboxylic acids is 1. The summed E-state index contributed by atoms with van der Waals surface area (Å²) in [5.74, 6) is -0.421. The van der Waals surface area contributed by atoms with Crippen LogP contribution in [0.5, 0.6) is 0 Å². The van der Waals surface area contributed by atoms with Crippen LogP contribution < -0.4 is 10.6 Å². The second kappa shape index (κ2) is 15.0. The number of aryl methyl sites for hydroxylation is 1. The molecule has 37 heavy (non-hydrogen) atoms. The van der Waals surface area contributed by atoms with Crippen molar-refractivity contribution in [3.8, 4) is 0 Å². The van der Waals surface area contributed by atoms with Gasteiger partial charge >= 0.3 is 12.1 Å². The van der Waals surface area contributed by atoms with E-state index in [1.807, 2.05) is 45.0 Å². The van der Waals surface area contributed by atoms with Crippen molar-refractivity contribution in [2.45, 2.75) is 140 Å². The van der Waals surface area contributed by atoms with Gasteiger partial charge in [-0.1, -0.05) is 68.4 Å². The van der Waals surface area contributed by atoms with Gasteiger partial charge in [0.15, 0.2) is 0 Å². The Balaban J connectivity index is 0.000000308. The zero-order valence-electron chi connectivity index (χ0n) is 23.9. The van der Waals surface area contributed by atoms with Crippen LogP contribution in [0.1, 0.15) is 110 Å². The first-order valence-corrected chi connectivity index (χ1v) is 15.0. The summed E-state index contributed by atoms with van der Waals surface area (Å²) >= 11 is 1.48. The molecule has 1 atom stereocenters. The summed E-state index contributed by atoms with van der Waals surface area (Å²) in [6.07, 6.45) is 13.8. The zero-order valence-corrected chi connectivity index (χ0v) is 24.7. The van der Waals surface area contributed by atoms with Crippen LogP contribution in [0.4, 0.5) is 4.79 Å². The Hall–Kier alpha value is -1.73. The van der Waals surface area contributed by atoms with Crippen molar-refractivity contribution < 1.29 is 19.4 Å². The zero-order chi connectivity index (χ0) is 27.5. The van der Waals surface area contributed by atoms with E-state index >= 15 is 0 Å². The van der Waals surface area contributed by atoms with Crippen molar-refractivity contribution in [1.29, 1.82) is 0 Å². The molecule has 0 saturated heterocycles. The maximum Gasteiger partial charge on any atom is 0.408 e. The molecule has 0 aliphatic heterocycles. The van der Waals surface area contributed by atoms with E-state index < -0.39 is 28.5 Å². The maximum atomic E-state index is 11.9. The number of aliphatic carboxylic acids is 1. The number of ether oxygens (including phenoxy) is 1. The van der Waals surface area contributed by atoms with Gasteiger partial charge in [-0.3, -0.25) is 0 Å². The van der Waals surface area contributed by atoms with Crippen LogP contribution in [0.3, 0.4) is 0 Å². The molecule has 2 aliphatic carbocycles. The number of benzene rings is 1. The second-order valence-corrected chi connectivity index (χ2v) is 13.8. The SMILES string of the molecule is C1CCC(NC2CCCCC2)CC1.Cc1ccc(CSC(C)(C)[C@@H](NC(=O)OC(C)(C)C)C(=O)O)cc1. The highest BCUT2D eigenvalue weighted by Crippen LogP contribution is 2.32. The summed E-state index contributed by atoms with van der Waals surface area (Å²) in [6, 6.07) is 8.79. The minimum absolute atomic E-state index is 0.660. The Morgan fingerprint density at radius 2 is 1.41 bits per heavy atom. The van der Waals surface area contributed by atoms with Gasteiger partial charge in [0.25, 0.3) is 0 Å².